The third-order valence-electron chi connectivity index (χ3n) is 4.91. The van der Waals surface area contributed by atoms with Crippen molar-refractivity contribution in [1.82, 2.24) is 4.90 Å². The van der Waals surface area contributed by atoms with Gasteiger partial charge in [-0.05, 0) is 47.1 Å². The molecule has 0 aromatic heterocycles. The Hall–Kier alpha value is -2.09. The molecular formula is C22H27NO. The summed E-state index contributed by atoms with van der Waals surface area (Å²) in [5.41, 5.74) is 4.89. The van der Waals surface area contributed by atoms with Gasteiger partial charge in [-0.1, -0.05) is 63.6 Å². The standard InChI is InChI=1S/C22H27NO/c1-4-12-22(2,3)14-17-8-7-11-18(13-17)21(24)23-15-19-9-5-6-10-20(19)16-23/h5-11,13H,4,12,14-16H2,1-3H3. The molecule has 0 N–H and O–H groups in total. The van der Waals surface area contributed by atoms with Gasteiger partial charge < -0.3 is 4.90 Å². The number of hydrogen-bond acceptors (Lipinski definition) is 1. The quantitative estimate of drug-likeness (QED) is 0.740. The maximum Gasteiger partial charge on any atom is 0.254 e. The molecule has 24 heavy (non-hydrogen) atoms. The van der Waals surface area contributed by atoms with E-state index in [2.05, 4.69) is 45.0 Å². The first-order chi connectivity index (χ1) is 11.5. The Kier molecular flexibility index (Phi) is 4.75. The van der Waals surface area contributed by atoms with Crippen molar-refractivity contribution < 1.29 is 4.79 Å². The van der Waals surface area contributed by atoms with E-state index in [-0.39, 0.29) is 11.3 Å². The highest BCUT2D eigenvalue weighted by atomic mass is 16.2. The Morgan fingerprint density at radius 2 is 1.71 bits per heavy atom. The van der Waals surface area contributed by atoms with Crippen molar-refractivity contribution in [3.05, 3.63) is 70.8 Å². The summed E-state index contributed by atoms with van der Waals surface area (Å²) in [6.45, 7) is 8.29. The van der Waals surface area contributed by atoms with E-state index in [0.29, 0.717) is 0 Å². The highest BCUT2D eigenvalue weighted by Crippen LogP contribution is 2.28. The fourth-order valence-electron chi connectivity index (χ4n) is 3.79. The lowest BCUT2D eigenvalue weighted by atomic mass is 9.81. The summed E-state index contributed by atoms with van der Waals surface area (Å²) in [7, 11) is 0. The normalized spacial score (nSPS) is 13.9. The molecule has 1 heterocycles. The van der Waals surface area contributed by atoms with Crippen molar-refractivity contribution in [2.75, 3.05) is 0 Å². The second kappa shape index (κ2) is 6.80. The molecule has 2 heteroatoms. The van der Waals surface area contributed by atoms with Gasteiger partial charge in [0.25, 0.3) is 5.91 Å². The minimum Gasteiger partial charge on any atom is -0.330 e. The molecule has 0 unspecified atom stereocenters. The molecule has 1 aliphatic rings. The Balaban J connectivity index is 1.74. The molecule has 2 aromatic carbocycles. The highest BCUT2D eigenvalue weighted by Gasteiger charge is 2.24. The largest absolute Gasteiger partial charge is 0.330 e. The first-order valence-corrected chi connectivity index (χ1v) is 8.93. The fraction of sp³-hybridized carbons (Fsp3) is 0.409. The van der Waals surface area contributed by atoms with Gasteiger partial charge >= 0.3 is 0 Å². The van der Waals surface area contributed by atoms with Gasteiger partial charge in [-0.2, -0.15) is 0 Å². The predicted molar refractivity (Wildman–Crippen MR) is 98.9 cm³/mol. The summed E-state index contributed by atoms with van der Waals surface area (Å²) < 4.78 is 0. The van der Waals surface area contributed by atoms with Crippen molar-refractivity contribution in [2.45, 2.75) is 53.1 Å². The maximum absolute atomic E-state index is 12.9. The van der Waals surface area contributed by atoms with Gasteiger partial charge in [0, 0.05) is 18.7 Å². The van der Waals surface area contributed by atoms with Gasteiger partial charge in [0.2, 0.25) is 0 Å². The molecule has 2 aromatic rings. The van der Waals surface area contributed by atoms with E-state index in [1.165, 1.54) is 29.5 Å². The molecule has 1 aliphatic heterocycles. The van der Waals surface area contributed by atoms with Crippen LogP contribution in [-0.4, -0.2) is 10.8 Å². The highest BCUT2D eigenvalue weighted by molar-refractivity contribution is 5.94. The van der Waals surface area contributed by atoms with Crippen LogP contribution in [0.5, 0.6) is 0 Å². The van der Waals surface area contributed by atoms with E-state index >= 15 is 0 Å². The topological polar surface area (TPSA) is 20.3 Å². The van der Waals surface area contributed by atoms with Gasteiger partial charge in [-0.3, -0.25) is 4.79 Å². The molecule has 0 atom stereocenters. The number of fused-ring (bicyclic) bond motifs is 1. The number of rotatable bonds is 5. The zero-order valence-corrected chi connectivity index (χ0v) is 15.0. The van der Waals surface area contributed by atoms with Crippen molar-refractivity contribution in [3.63, 3.8) is 0 Å². The zero-order valence-electron chi connectivity index (χ0n) is 15.0. The van der Waals surface area contributed by atoms with Gasteiger partial charge in [-0.15, -0.1) is 0 Å². The average Bonchev–Trinajstić information content (AvgIpc) is 2.97. The van der Waals surface area contributed by atoms with Crippen LogP contribution in [0.3, 0.4) is 0 Å². The Morgan fingerprint density at radius 1 is 1.04 bits per heavy atom. The molecule has 0 saturated carbocycles. The lowest BCUT2D eigenvalue weighted by molar-refractivity contribution is 0.0751. The monoisotopic (exact) mass is 321 g/mol. The maximum atomic E-state index is 12.9. The molecule has 0 radical (unpaired) electrons. The minimum absolute atomic E-state index is 0.140. The lowest BCUT2D eigenvalue weighted by Crippen LogP contribution is -2.25. The molecule has 3 rings (SSSR count). The number of hydrogen-bond donors (Lipinski definition) is 0. The number of carbonyl (C=O) groups is 1. The van der Waals surface area contributed by atoms with Gasteiger partial charge in [0.05, 0.1) is 0 Å². The molecule has 2 nitrogen and oxygen atoms in total. The van der Waals surface area contributed by atoms with Crippen LogP contribution < -0.4 is 0 Å². The molecule has 0 aliphatic carbocycles. The molecule has 0 bridgehead atoms. The number of carbonyl (C=O) groups excluding carboxylic acids is 1. The number of amides is 1. The second-order valence-electron chi connectivity index (χ2n) is 7.72. The SMILES string of the molecule is CCCC(C)(C)Cc1cccc(C(=O)N2Cc3ccccc3C2)c1. The van der Waals surface area contributed by atoms with Gasteiger partial charge in [-0.25, -0.2) is 0 Å². The lowest BCUT2D eigenvalue weighted by Gasteiger charge is -2.24. The summed E-state index contributed by atoms with van der Waals surface area (Å²) in [5, 5.41) is 0. The summed E-state index contributed by atoms with van der Waals surface area (Å²) in [4.78, 5) is 14.8. The third kappa shape index (κ3) is 3.69. The summed E-state index contributed by atoms with van der Waals surface area (Å²) in [5.74, 6) is 0.140. The molecule has 0 spiro atoms. The van der Waals surface area contributed by atoms with E-state index in [4.69, 9.17) is 0 Å². The van der Waals surface area contributed by atoms with Crippen LogP contribution in [0.1, 0.15) is 60.7 Å². The van der Waals surface area contributed by atoms with Crippen LogP contribution in [0, 0.1) is 5.41 Å². The molecule has 126 valence electrons. The van der Waals surface area contributed by atoms with E-state index in [1.807, 2.05) is 29.2 Å². The van der Waals surface area contributed by atoms with Gasteiger partial charge in [0.1, 0.15) is 0 Å². The van der Waals surface area contributed by atoms with E-state index in [0.717, 1.165) is 25.1 Å². The van der Waals surface area contributed by atoms with Crippen molar-refractivity contribution in [3.8, 4) is 0 Å². The van der Waals surface area contributed by atoms with E-state index in [9.17, 15) is 4.79 Å². The minimum atomic E-state index is 0.140. The zero-order chi connectivity index (χ0) is 17.2. The molecule has 0 fully saturated rings. The molecular weight excluding hydrogens is 294 g/mol. The van der Waals surface area contributed by atoms with Crippen LogP contribution in [0.2, 0.25) is 0 Å². The van der Waals surface area contributed by atoms with Crippen molar-refractivity contribution in [2.24, 2.45) is 5.41 Å². The molecule has 0 saturated heterocycles. The Morgan fingerprint density at radius 3 is 2.33 bits per heavy atom. The first kappa shape index (κ1) is 16.8. The summed E-state index contributed by atoms with van der Waals surface area (Å²) >= 11 is 0. The van der Waals surface area contributed by atoms with Crippen LogP contribution in [0.25, 0.3) is 0 Å². The first-order valence-electron chi connectivity index (χ1n) is 8.93. The summed E-state index contributed by atoms with van der Waals surface area (Å²) in [6, 6.07) is 16.5. The van der Waals surface area contributed by atoms with Crippen LogP contribution in [-0.2, 0) is 19.5 Å². The Labute approximate surface area is 145 Å². The fourth-order valence-corrected chi connectivity index (χ4v) is 3.79. The number of nitrogens with zero attached hydrogens (tertiary/aromatic N) is 1. The average molecular weight is 321 g/mol. The van der Waals surface area contributed by atoms with Crippen LogP contribution in [0.4, 0.5) is 0 Å². The van der Waals surface area contributed by atoms with Crippen LogP contribution in [0.15, 0.2) is 48.5 Å². The summed E-state index contributed by atoms with van der Waals surface area (Å²) in [6.07, 6.45) is 3.41. The smallest absolute Gasteiger partial charge is 0.254 e. The van der Waals surface area contributed by atoms with Crippen LogP contribution >= 0.6 is 0 Å². The van der Waals surface area contributed by atoms with Gasteiger partial charge in [0.15, 0.2) is 0 Å². The van der Waals surface area contributed by atoms with E-state index in [1.54, 1.807) is 0 Å². The second-order valence-corrected chi connectivity index (χ2v) is 7.72. The molecule has 1 amide bonds. The third-order valence-corrected chi connectivity index (χ3v) is 4.91. The Bertz CT molecular complexity index is 707. The predicted octanol–water partition coefficient (Wildman–Crippen LogP) is 5.21. The van der Waals surface area contributed by atoms with Crippen molar-refractivity contribution in [1.29, 1.82) is 0 Å². The van der Waals surface area contributed by atoms with Crippen molar-refractivity contribution >= 4 is 5.91 Å². The van der Waals surface area contributed by atoms with E-state index < -0.39 is 0 Å². The number of benzene rings is 2.